The van der Waals surface area contributed by atoms with E-state index in [1.54, 1.807) is 43.5 Å². The average Bonchev–Trinajstić information content (AvgIpc) is 3.36. The van der Waals surface area contributed by atoms with E-state index in [1.165, 1.54) is 4.90 Å². The number of aliphatic hydroxyl groups excluding tert-OH is 1. The monoisotopic (exact) mass is 531 g/mol. The van der Waals surface area contributed by atoms with Gasteiger partial charge in [0.2, 0.25) is 5.78 Å². The number of methoxy groups -OCH3 is 1. The van der Waals surface area contributed by atoms with E-state index in [1.807, 2.05) is 44.2 Å². The fraction of sp³-hybridized carbons (Fsp3) is 0.143. The fourth-order valence-corrected chi connectivity index (χ4v) is 4.93. The number of benzene rings is 3. The van der Waals surface area contributed by atoms with Crippen molar-refractivity contribution in [3.05, 3.63) is 105 Å². The molecule has 0 fully saturated rings. The lowest BCUT2D eigenvalue weighted by Crippen LogP contribution is -2.31. The van der Waals surface area contributed by atoms with E-state index < -0.39 is 23.5 Å². The van der Waals surface area contributed by atoms with Gasteiger partial charge >= 0.3 is 0 Å². The van der Waals surface area contributed by atoms with Crippen molar-refractivity contribution in [1.82, 2.24) is 0 Å². The number of Topliss-reactive ketones (excluding diaryl/α,β-unsaturated/α-hetero) is 1. The molecule has 7 heteroatoms. The molecule has 2 heterocycles. The average molecular weight is 532 g/mol. The molecule has 1 aromatic heterocycles. The molecule has 176 valence electrons. The standard InChI is InChI=1S/C28H22BrNO5/c1-15-10-16(2)12-20(11-15)30-25(17-4-7-21(34-3)8-5-17)24(27(32)28(30)33)26(31)23-14-18-13-19(29)6-9-22(18)35-23/h4-14,25,32H,1-3H3. The van der Waals surface area contributed by atoms with Crippen molar-refractivity contribution >= 4 is 44.3 Å². The zero-order valence-corrected chi connectivity index (χ0v) is 20.9. The van der Waals surface area contributed by atoms with Gasteiger partial charge in [0.25, 0.3) is 5.91 Å². The van der Waals surface area contributed by atoms with Crippen molar-refractivity contribution in [1.29, 1.82) is 0 Å². The molecule has 1 N–H and O–H groups in total. The zero-order valence-electron chi connectivity index (χ0n) is 19.3. The maximum absolute atomic E-state index is 13.7. The Kier molecular flexibility index (Phi) is 5.73. The summed E-state index contributed by atoms with van der Waals surface area (Å²) in [6, 6.07) is 19.0. The SMILES string of the molecule is COc1ccc(C2C(C(=O)c3cc4cc(Br)ccc4o3)=C(O)C(=O)N2c2cc(C)cc(C)c2)cc1. The van der Waals surface area contributed by atoms with Gasteiger partial charge in [-0.15, -0.1) is 0 Å². The Morgan fingerprint density at radius 2 is 1.69 bits per heavy atom. The highest BCUT2D eigenvalue weighted by Crippen LogP contribution is 2.43. The van der Waals surface area contributed by atoms with Gasteiger partial charge in [-0.3, -0.25) is 14.5 Å². The van der Waals surface area contributed by atoms with E-state index in [0.29, 0.717) is 22.6 Å². The third-order valence-electron chi connectivity index (χ3n) is 6.07. The lowest BCUT2D eigenvalue weighted by atomic mass is 9.94. The second-order valence-corrected chi connectivity index (χ2v) is 9.50. The number of halogens is 1. The van der Waals surface area contributed by atoms with Crippen LogP contribution in [0, 0.1) is 13.8 Å². The van der Waals surface area contributed by atoms with Gasteiger partial charge in [-0.2, -0.15) is 0 Å². The number of aryl methyl sites for hydroxylation is 2. The molecule has 1 amide bonds. The molecular formula is C28H22BrNO5. The first-order valence-electron chi connectivity index (χ1n) is 11.0. The van der Waals surface area contributed by atoms with Crippen LogP contribution in [0.25, 0.3) is 11.0 Å². The first-order chi connectivity index (χ1) is 16.8. The topological polar surface area (TPSA) is 80.0 Å². The number of ketones is 1. The third-order valence-corrected chi connectivity index (χ3v) is 6.56. The Balaban J connectivity index is 1.67. The maximum atomic E-state index is 13.7. The second kappa shape index (κ2) is 8.74. The van der Waals surface area contributed by atoms with Crippen LogP contribution in [0.15, 0.2) is 87.0 Å². The number of hydrogen-bond donors (Lipinski definition) is 1. The summed E-state index contributed by atoms with van der Waals surface area (Å²) in [6.07, 6.45) is 0. The van der Waals surface area contributed by atoms with Crippen LogP contribution in [0.3, 0.4) is 0 Å². The number of amides is 1. The highest BCUT2D eigenvalue weighted by atomic mass is 79.9. The van der Waals surface area contributed by atoms with Crippen LogP contribution in [0.1, 0.15) is 33.3 Å². The number of ether oxygens (including phenoxy) is 1. The van der Waals surface area contributed by atoms with E-state index >= 15 is 0 Å². The van der Waals surface area contributed by atoms with Crippen LogP contribution in [0.4, 0.5) is 5.69 Å². The lowest BCUT2D eigenvalue weighted by Gasteiger charge is -2.27. The highest BCUT2D eigenvalue weighted by molar-refractivity contribution is 9.10. The van der Waals surface area contributed by atoms with Gasteiger partial charge in [-0.25, -0.2) is 0 Å². The Morgan fingerprint density at radius 1 is 1.00 bits per heavy atom. The third kappa shape index (κ3) is 4.02. The number of carbonyl (C=O) groups excluding carboxylic acids is 2. The molecule has 4 aromatic rings. The molecule has 6 nitrogen and oxygen atoms in total. The molecule has 0 saturated carbocycles. The molecular weight excluding hydrogens is 510 g/mol. The summed E-state index contributed by atoms with van der Waals surface area (Å²) in [5, 5.41) is 11.7. The summed E-state index contributed by atoms with van der Waals surface area (Å²) < 4.78 is 11.9. The minimum atomic E-state index is -0.845. The normalized spacial score (nSPS) is 15.8. The summed E-state index contributed by atoms with van der Waals surface area (Å²) in [5.74, 6) is -1.08. The van der Waals surface area contributed by atoms with Crippen molar-refractivity contribution in [2.24, 2.45) is 0 Å². The van der Waals surface area contributed by atoms with Crippen molar-refractivity contribution in [2.75, 3.05) is 12.0 Å². The number of fused-ring (bicyclic) bond motifs is 1. The molecule has 0 radical (unpaired) electrons. The molecule has 1 aliphatic rings. The van der Waals surface area contributed by atoms with Gasteiger partial charge in [0, 0.05) is 15.5 Å². The van der Waals surface area contributed by atoms with Gasteiger partial charge < -0.3 is 14.3 Å². The van der Waals surface area contributed by atoms with E-state index in [9.17, 15) is 14.7 Å². The van der Waals surface area contributed by atoms with Gasteiger partial charge in [-0.1, -0.05) is 34.1 Å². The largest absolute Gasteiger partial charge is 0.503 e. The number of rotatable bonds is 5. The highest BCUT2D eigenvalue weighted by Gasteiger charge is 2.45. The zero-order chi connectivity index (χ0) is 24.9. The van der Waals surface area contributed by atoms with Gasteiger partial charge in [0.15, 0.2) is 11.5 Å². The predicted octanol–water partition coefficient (Wildman–Crippen LogP) is 6.60. The number of aliphatic hydroxyl groups is 1. The number of furan rings is 1. The van der Waals surface area contributed by atoms with Gasteiger partial charge in [-0.05, 0) is 79.1 Å². The first kappa shape index (κ1) is 22.9. The quantitative estimate of drug-likeness (QED) is 0.293. The van der Waals surface area contributed by atoms with E-state index in [0.717, 1.165) is 21.0 Å². The predicted molar refractivity (Wildman–Crippen MR) is 137 cm³/mol. The van der Waals surface area contributed by atoms with Crippen LogP contribution >= 0.6 is 15.9 Å². The number of carbonyl (C=O) groups is 2. The smallest absolute Gasteiger partial charge is 0.294 e. The molecule has 0 bridgehead atoms. The Labute approximate surface area is 210 Å². The van der Waals surface area contributed by atoms with Crippen LogP contribution in [-0.2, 0) is 4.79 Å². The molecule has 35 heavy (non-hydrogen) atoms. The lowest BCUT2D eigenvalue weighted by molar-refractivity contribution is -0.117. The number of anilines is 1. The van der Waals surface area contributed by atoms with Crippen molar-refractivity contribution < 1.29 is 23.8 Å². The van der Waals surface area contributed by atoms with Crippen LogP contribution < -0.4 is 9.64 Å². The first-order valence-corrected chi connectivity index (χ1v) is 11.8. The molecule has 0 aliphatic carbocycles. The van der Waals surface area contributed by atoms with Crippen molar-refractivity contribution in [2.45, 2.75) is 19.9 Å². The molecule has 0 saturated heterocycles. The molecule has 3 aromatic carbocycles. The van der Waals surface area contributed by atoms with E-state index in [4.69, 9.17) is 9.15 Å². The van der Waals surface area contributed by atoms with E-state index in [2.05, 4.69) is 15.9 Å². The van der Waals surface area contributed by atoms with Crippen LogP contribution in [0.5, 0.6) is 5.75 Å². The molecule has 5 rings (SSSR count). The summed E-state index contributed by atoms with van der Waals surface area (Å²) in [7, 11) is 1.57. The van der Waals surface area contributed by atoms with Gasteiger partial charge in [0.1, 0.15) is 11.3 Å². The van der Waals surface area contributed by atoms with Crippen molar-refractivity contribution in [3.8, 4) is 5.75 Å². The molecule has 1 atom stereocenters. The Bertz CT molecular complexity index is 1500. The fourth-order valence-electron chi connectivity index (χ4n) is 4.55. The van der Waals surface area contributed by atoms with E-state index in [-0.39, 0.29) is 11.3 Å². The summed E-state index contributed by atoms with van der Waals surface area (Å²) >= 11 is 3.42. The van der Waals surface area contributed by atoms with Crippen LogP contribution in [0.2, 0.25) is 0 Å². The maximum Gasteiger partial charge on any atom is 0.294 e. The minimum absolute atomic E-state index is 0.0301. The molecule has 0 spiro atoms. The second-order valence-electron chi connectivity index (χ2n) is 8.58. The Morgan fingerprint density at radius 3 is 2.34 bits per heavy atom. The van der Waals surface area contributed by atoms with Gasteiger partial charge in [0.05, 0.1) is 18.7 Å². The molecule has 1 unspecified atom stereocenters. The summed E-state index contributed by atoms with van der Waals surface area (Å²) in [5.41, 5.74) is 3.68. The number of hydrogen-bond acceptors (Lipinski definition) is 5. The van der Waals surface area contributed by atoms with Crippen molar-refractivity contribution in [3.63, 3.8) is 0 Å². The summed E-state index contributed by atoms with van der Waals surface area (Å²) in [4.78, 5) is 28.6. The molecule has 1 aliphatic heterocycles. The van der Waals surface area contributed by atoms with Crippen LogP contribution in [-0.4, -0.2) is 23.9 Å². The number of nitrogens with zero attached hydrogens (tertiary/aromatic N) is 1. The summed E-state index contributed by atoms with van der Waals surface area (Å²) in [6.45, 7) is 3.87. The Hall–Kier alpha value is -3.84. The minimum Gasteiger partial charge on any atom is -0.503 e.